The minimum atomic E-state index is -0.574. The third-order valence-electron chi connectivity index (χ3n) is 3.48. The highest BCUT2D eigenvalue weighted by Gasteiger charge is 2.11. The van der Waals surface area contributed by atoms with Gasteiger partial charge in [-0.2, -0.15) is 5.10 Å². The zero-order valence-electron chi connectivity index (χ0n) is 14.3. The maximum Gasteiger partial charge on any atom is 0.275 e. The smallest absolute Gasteiger partial charge is 0.275 e. The lowest BCUT2D eigenvalue weighted by Crippen LogP contribution is -2.19. The quantitative estimate of drug-likeness (QED) is 0.425. The van der Waals surface area contributed by atoms with E-state index in [9.17, 15) is 14.7 Å². The van der Waals surface area contributed by atoms with Crippen LogP contribution in [0.4, 0.5) is 5.69 Å². The van der Waals surface area contributed by atoms with Crippen molar-refractivity contribution in [3.05, 3.63) is 70.8 Å². The second-order valence-electron chi connectivity index (χ2n) is 5.61. The highest BCUT2D eigenvalue weighted by molar-refractivity contribution is 6.31. The summed E-state index contributed by atoms with van der Waals surface area (Å²) >= 11 is 5.83. The van der Waals surface area contributed by atoms with Crippen molar-refractivity contribution in [2.45, 2.75) is 13.8 Å². The number of hydrazone groups is 1. The summed E-state index contributed by atoms with van der Waals surface area (Å²) in [4.78, 5) is 23.7. The number of nitrogens with one attached hydrogen (secondary N) is 2. The van der Waals surface area contributed by atoms with Gasteiger partial charge in [-0.05, 0) is 49.7 Å². The third-order valence-corrected chi connectivity index (χ3v) is 3.71. The topological polar surface area (TPSA) is 90.8 Å². The number of rotatable bonds is 5. The van der Waals surface area contributed by atoms with E-state index in [1.54, 1.807) is 38.1 Å². The van der Waals surface area contributed by atoms with Crippen LogP contribution in [0.3, 0.4) is 0 Å². The van der Waals surface area contributed by atoms with Crippen LogP contribution in [-0.4, -0.2) is 22.6 Å². The largest absolute Gasteiger partial charge is 0.507 e. The molecule has 2 aromatic carbocycles. The van der Waals surface area contributed by atoms with E-state index in [1.165, 1.54) is 18.2 Å². The van der Waals surface area contributed by atoms with E-state index < -0.39 is 5.91 Å². The maximum absolute atomic E-state index is 12.1. The normalized spacial score (nSPS) is 11.0. The number of benzene rings is 2. The minimum absolute atomic E-state index is 0.0342. The zero-order valence-corrected chi connectivity index (χ0v) is 15.1. The van der Waals surface area contributed by atoms with Crippen LogP contribution >= 0.6 is 11.6 Å². The average Bonchev–Trinajstić information content (AvgIpc) is 2.61. The second kappa shape index (κ2) is 8.31. The Hall–Kier alpha value is -3.12. The minimum Gasteiger partial charge on any atom is -0.507 e. The number of carbonyl (C=O) groups excluding carboxylic acids is 2. The van der Waals surface area contributed by atoms with E-state index in [0.717, 1.165) is 5.56 Å². The Bertz CT molecular complexity index is 889. The number of hydrogen-bond donors (Lipinski definition) is 3. The second-order valence-corrected chi connectivity index (χ2v) is 6.05. The number of halogens is 1. The standard InChI is InChI=1S/C19H18ClN3O3/c1-11(2)18(25)21-15-7-4-13(5-8-15)12(3)22-23-19(26)16-10-14(20)6-9-17(16)24/h4-10,24H,1H2,2-3H3,(H,21,25)(H,23,26)/b22-12+. The van der Waals surface area contributed by atoms with Crippen molar-refractivity contribution < 1.29 is 14.7 Å². The molecule has 0 heterocycles. The summed E-state index contributed by atoms with van der Waals surface area (Å²) in [5.74, 6) is -1.01. The molecule has 0 saturated carbocycles. The Morgan fingerprint density at radius 2 is 1.77 bits per heavy atom. The van der Waals surface area contributed by atoms with Crippen LogP contribution in [0.15, 0.2) is 59.7 Å². The van der Waals surface area contributed by atoms with E-state index in [1.807, 2.05) is 0 Å². The number of nitrogens with zero attached hydrogens (tertiary/aromatic N) is 1. The monoisotopic (exact) mass is 371 g/mol. The number of phenolic OH excluding ortho intramolecular Hbond substituents is 1. The summed E-state index contributed by atoms with van der Waals surface area (Å²) in [6.45, 7) is 6.92. The van der Waals surface area contributed by atoms with E-state index in [2.05, 4.69) is 22.4 Å². The van der Waals surface area contributed by atoms with Gasteiger partial charge in [0.05, 0.1) is 11.3 Å². The fraction of sp³-hybridized carbons (Fsp3) is 0.105. The fourth-order valence-corrected chi connectivity index (χ4v) is 2.15. The number of anilines is 1. The number of hydrogen-bond acceptors (Lipinski definition) is 4. The molecule has 0 aliphatic carbocycles. The molecule has 3 N–H and O–H groups in total. The fourth-order valence-electron chi connectivity index (χ4n) is 1.98. The van der Waals surface area contributed by atoms with Gasteiger partial charge in [0.25, 0.3) is 11.8 Å². The highest BCUT2D eigenvalue weighted by Crippen LogP contribution is 2.21. The summed E-state index contributed by atoms with van der Waals surface area (Å²) < 4.78 is 0. The molecule has 0 spiro atoms. The van der Waals surface area contributed by atoms with Gasteiger partial charge in [0, 0.05) is 16.3 Å². The first-order valence-electron chi connectivity index (χ1n) is 7.68. The Morgan fingerprint density at radius 3 is 2.38 bits per heavy atom. The Kier molecular flexibility index (Phi) is 6.14. The molecule has 0 fully saturated rings. The SMILES string of the molecule is C=C(C)C(=O)Nc1ccc(/C(C)=N/NC(=O)c2cc(Cl)ccc2O)cc1. The third kappa shape index (κ3) is 4.94. The van der Waals surface area contributed by atoms with Crippen LogP contribution in [0.5, 0.6) is 5.75 Å². The predicted octanol–water partition coefficient (Wildman–Crippen LogP) is 3.71. The molecule has 0 aliphatic heterocycles. The van der Waals surface area contributed by atoms with Crippen LogP contribution < -0.4 is 10.7 Å². The van der Waals surface area contributed by atoms with Crippen LogP contribution in [0.1, 0.15) is 29.8 Å². The number of aromatic hydroxyl groups is 1. The predicted molar refractivity (Wildman–Crippen MR) is 103 cm³/mol. The maximum atomic E-state index is 12.1. The summed E-state index contributed by atoms with van der Waals surface area (Å²) in [6.07, 6.45) is 0. The lowest BCUT2D eigenvalue weighted by molar-refractivity contribution is -0.112. The van der Waals surface area contributed by atoms with Crippen molar-refractivity contribution in [1.29, 1.82) is 0 Å². The van der Waals surface area contributed by atoms with Crippen LogP contribution in [0, 0.1) is 0 Å². The van der Waals surface area contributed by atoms with Crippen molar-refractivity contribution >= 4 is 34.8 Å². The Labute approximate surface area is 156 Å². The average molecular weight is 372 g/mol. The van der Waals surface area contributed by atoms with Gasteiger partial charge in [-0.25, -0.2) is 5.43 Å². The molecule has 0 bridgehead atoms. The lowest BCUT2D eigenvalue weighted by atomic mass is 10.1. The van der Waals surface area contributed by atoms with Gasteiger partial charge >= 0.3 is 0 Å². The van der Waals surface area contributed by atoms with E-state index in [-0.39, 0.29) is 17.2 Å². The van der Waals surface area contributed by atoms with Gasteiger partial charge in [0.1, 0.15) is 5.75 Å². The van der Waals surface area contributed by atoms with Crippen molar-refractivity contribution in [3.8, 4) is 5.75 Å². The van der Waals surface area contributed by atoms with Crippen molar-refractivity contribution in [3.63, 3.8) is 0 Å². The molecule has 2 aromatic rings. The van der Waals surface area contributed by atoms with Crippen molar-refractivity contribution in [1.82, 2.24) is 5.43 Å². The van der Waals surface area contributed by atoms with Gasteiger partial charge in [-0.15, -0.1) is 0 Å². The van der Waals surface area contributed by atoms with Gasteiger partial charge < -0.3 is 10.4 Å². The molecule has 0 aliphatic rings. The molecule has 0 saturated heterocycles. The molecule has 6 nitrogen and oxygen atoms in total. The van der Waals surface area contributed by atoms with Gasteiger partial charge in [-0.1, -0.05) is 30.3 Å². The molecule has 2 amide bonds. The summed E-state index contributed by atoms with van der Waals surface area (Å²) in [7, 11) is 0. The van der Waals surface area contributed by atoms with Crippen molar-refractivity contribution in [2.75, 3.05) is 5.32 Å². The van der Waals surface area contributed by atoms with Crippen LogP contribution in [0.25, 0.3) is 0 Å². The summed E-state index contributed by atoms with van der Waals surface area (Å²) in [5.41, 5.74) is 4.76. The van der Waals surface area contributed by atoms with E-state index in [0.29, 0.717) is 22.0 Å². The molecule has 134 valence electrons. The van der Waals surface area contributed by atoms with Gasteiger partial charge in [0.2, 0.25) is 0 Å². The molecule has 0 atom stereocenters. The first kappa shape index (κ1) is 19.2. The molecule has 0 radical (unpaired) electrons. The molecule has 7 heteroatoms. The number of carbonyl (C=O) groups is 2. The van der Waals surface area contributed by atoms with Gasteiger partial charge in [0.15, 0.2) is 0 Å². The van der Waals surface area contributed by atoms with Crippen LogP contribution in [-0.2, 0) is 4.79 Å². The van der Waals surface area contributed by atoms with E-state index in [4.69, 9.17) is 11.6 Å². The van der Waals surface area contributed by atoms with Gasteiger partial charge in [-0.3, -0.25) is 9.59 Å². The number of phenols is 1. The van der Waals surface area contributed by atoms with Crippen LogP contribution in [0.2, 0.25) is 5.02 Å². The Morgan fingerprint density at radius 1 is 1.12 bits per heavy atom. The Balaban J connectivity index is 2.07. The zero-order chi connectivity index (χ0) is 19.3. The van der Waals surface area contributed by atoms with Crippen molar-refractivity contribution in [2.24, 2.45) is 5.10 Å². The summed E-state index contributed by atoms with van der Waals surface area (Å²) in [5, 5.41) is 16.8. The lowest BCUT2D eigenvalue weighted by Gasteiger charge is -2.07. The number of amides is 2. The molecule has 26 heavy (non-hydrogen) atoms. The molecular formula is C19H18ClN3O3. The molecule has 0 unspecified atom stereocenters. The molecule has 0 aromatic heterocycles. The molecule has 2 rings (SSSR count). The molecular weight excluding hydrogens is 354 g/mol. The first-order chi connectivity index (χ1) is 12.3. The van der Waals surface area contributed by atoms with E-state index >= 15 is 0 Å². The highest BCUT2D eigenvalue weighted by atomic mass is 35.5. The summed E-state index contributed by atoms with van der Waals surface area (Å²) in [6, 6.07) is 11.1. The first-order valence-corrected chi connectivity index (χ1v) is 8.06.